The van der Waals surface area contributed by atoms with Gasteiger partial charge in [-0.1, -0.05) is 18.2 Å². The molecule has 0 fully saturated rings. The van der Waals surface area contributed by atoms with Crippen molar-refractivity contribution in [3.8, 4) is 0 Å². The summed E-state index contributed by atoms with van der Waals surface area (Å²) in [7, 11) is 1.44. The van der Waals surface area contributed by atoms with E-state index in [1.54, 1.807) is 6.07 Å². The highest BCUT2D eigenvalue weighted by Gasteiger charge is 2.33. The van der Waals surface area contributed by atoms with Crippen molar-refractivity contribution >= 4 is 23.4 Å². The number of hydrogen-bond donors (Lipinski definition) is 0. The van der Waals surface area contributed by atoms with Gasteiger partial charge in [0.15, 0.2) is 0 Å². The van der Waals surface area contributed by atoms with Crippen LogP contribution in [0.3, 0.4) is 0 Å². The topological polar surface area (TPSA) is 63.5 Å². The fourth-order valence-electron chi connectivity index (χ4n) is 2.18. The lowest BCUT2D eigenvalue weighted by Crippen LogP contribution is -2.28. The number of nitro groups is 1. The molecule has 0 aromatic heterocycles. The molecule has 2 aromatic carbocycles. The Morgan fingerprint density at radius 1 is 1.22 bits per heavy atom. The molecule has 0 aliphatic heterocycles. The van der Waals surface area contributed by atoms with E-state index in [-0.39, 0.29) is 17.2 Å². The molecule has 0 saturated carbocycles. The summed E-state index contributed by atoms with van der Waals surface area (Å²) in [4.78, 5) is 23.5. The molecular weight excluding hydrogens is 388 g/mol. The van der Waals surface area contributed by atoms with E-state index >= 15 is 0 Å². The Bertz CT molecular complexity index is 858. The fourth-order valence-corrected chi connectivity index (χ4v) is 3.12. The minimum atomic E-state index is -4.70. The van der Waals surface area contributed by atoms with E-state index in [0.717, 1.165) is 23.9 Å². The number of benzene rings is 2. The number of nitrogens with zero attached hydrogens (tertiary/aromatic N) is 2. The van der Waals surface area contributed by atoms with Crippen molar-refractivity contribution in [2.24, 2.45) is 0 Å². The fraction of sp³-hybridized carbons (Fsp3) is 0.235. The molecule has 5 nitrogen and oxygen atoms in total. The predicted octanol–water partition coefficient (Wildman–Crippen LogP) is 4.50. The minimum absolute atomic E-state index is 0.00116. The Morgan fingerprint density at radius 2 is 1.89 bits per heavy atom. The monoisotopic (exact) mass is 402 g/mol. The Kier molecular flexibility index (Phi) is 6.42. The third-order valence-electron chi connectivity index (χ3n) is 3.63. The molecule has 0 spiro atoms. The second-order valence-electron chi connectivity index (χ2n) is 5.57. The zero-order chi connectivity index (χ0) is 20.2. The van der Waals surface area contributed by atoms with Crippen LogP contribution in [-0.4, -0.2) is 28.5 Å². The van der Waals surface area contributed by atoms with E-state index in [1.807, 2.05) is 0 Å². The predicted molar refractivity (Wildman–Crippen MR) is 91.7 cm³/mol. The summed E-state index contributed by atoms with van der Waals surface area (Å²) < 4.78 is 51.7. The van der Waals surface area contributed by atoms with Crippen molar-refractivity contribution < 1.29 is 27.3 Å². The van der Waals surface area contributed by atoms with Gasteiger partial charge in [-0.25, -0.2) is 4.39 Å². The van der Waals surface area contributed by atoms with Gasteiger partial charge in [0.2, 0.25) is 5.91 Å². The Hall–Kier alpha value is -2.62. The van der Waals surface area contributed by atoms with Gasteiger partial charge >= 0.3 is 6.18 Å². The number of carbonyl (C=O) groups excluding carboxylic acids is 1. The zero-order valence-corrected chi connectivity index (χ0v) is 14.8. The van der Waals surface area contributed by atoms with Gasteiger partial charge in [-0.15, -0.1) is 11.8 Å². The Balaban J connectivity index is 2.08. The van der Waals surface area contributed by atoms with Crippen LogP contribution < -0.4 is 0 Å². The average molecular weight is 402 g/mol. The van der Waals surface area contributed by atoms with Gasteiger partial charge in [0.05, 0.1) is 21.1 Å². The van der Waals surface area contributed by atoms with Gasteiger partial charge in [0.1, 0.15) is 5.82 Å². The first kappa shape index (κ1) is 20.7. The summed E-state index contributed by atoms with van der Waals surface area (Å²) in [5, 5.41) is 11.0. The number of amides is 1. The third-order valence-corrected chi connectivity index (χ3v) is 4.67. The molecule has 0 heterocycles. The van der Waals surface area contributed by atoms with Gasteiger partial charge in [0, 0.05) is 25.2 Å². The molecule has 0 aliphatic rings. The van der Waals surface area contributed by atoms with Gasteiger partial charge in [0.25, 0.3) is 5.69 Å². The summed E-state index contributed by atoms with van der Waals surface area (Å²) in [5.74, 6) is -1.16. The molecule has 2 aromatic rings. The average Bonchev–Trinajstić information content (AvgIpc) is 2.60. The van der Waals surface area contributed by atoms with E-state index in [9.17, 15) is 32.5 Å². The SMILES string of the molecule is CN(Cc1ccccc1F)C(=O)CSc1ccc(C(F)(F)F)cc1[N+](=O)[O-]. The first-order valence-electron chi connectivity index (χ1n) is 7.55. The van der Waals surface area contributed by atoms with Gasteiger partial charge < -0.3 is 4.90 Å². The van der Waals surface area contributed by atoms with Gasteiger partial charge in [-0.2, -0.15) is 13.2 Å². The van der Waals surface area contributed by atoms with E-state index in [1.165, 1.54) is 30.1 Å². The second-order valence-corrected chi connectivity index (χ2v) is 6.58. The van der Waals surface area contributed by atoms with Crippen LogP contribution in [-0.2, 0) is 17.5 Å². The van der Waals surface area contributed by atoms with Crippen LogP contribution in [0.4, 0.5) is 23.2 Å². The lowest BCUT2D eigenvalue weighted by atomic mass is 10.2. The number of rotatable bonds is 6. The molecule has 27 heavy (non-hydrogen) atoms. The molecule has 144 valence electrons. The van der Waals surface area contributed by atoms with E-state index in [0.29, 0.717) is 11.6 Å². The molecule has 2 rings (SSSR count). The smallest absolute Gasteiger partial charge is 0.341 e. The summed E-state index contributed by atoms with van der Waals surface area (Å²) in [5.41, 5.74) is -1.56. The standard InChI is InChI=1S/C17H14F4N2O3S/c1-22(9-11-4-2-3-5-13(11)18)16(24)10-27-15-7-6-12(17(19,20)21)8-14(15)23(25)26/h2-8H,9-10H2,1H3. The number of thioether (sulfide) groups is 1. The molecular formula is C17H14F4N2O3S. The molecule has 0 N–H and O–H groups in total. The molecule has 0 saturated heterocycles. The number of alkyl halides is 3. The largest absolute Gasteiger partial charge is 0.416 e. The second kappa shape index (κ2) is 8.38. The minimum Gasteiger partial charge on any atom is -0.341 e. The summed E-state index contributed by atoms with van der Waals surface area (Å²) in [6, 6.07) is 8.05. The van der Waals surface area contributed by atoms with Crippen molar-refractivity contribution in [1.82, 2.24) is 4.90 Å². The lowest BCUT2D eigenvalue weighted by Gasteiger charge is -2.17. The van der Waals surface area contributed by atoms with Crippen LogP contribution in [0, 0.1) is 15.9 Å². The quantitative estimate of drug-likeness (QED) is 0.309. The highest BCUT2D eigenvalue weighted by molar-refractivity contribution is 8.00. The van der Waals surface area contributed by atoms with E-state index in [2.05, 4.69) is 0 Å². The van der Waals surface area contributed by atoms with Crippen molar-refractivity contribution in [1.29, 1.82) is 0 Å². The van der Waals surface area contributed by atoms with Crippen LogP contribution >= 0.6 is 11.8 Å². The number of carbonyl (C=O) groups is 1. The van der Waals surface area contributed by atoms with E-state index in [4.69, 9.17) is 0 Å². The highest BCUT2D eigenvalue weighted by atomic mass is 32.2. The van der Waals surface area contributed by atoms with E-state index < -0.39 is 34.1 Å². The molecule has 0 bridgehead atoms. The normalized spacial score (nSPS) is 11.3. The number of nitro benzene ring substituents is 1. The molecule has 0 atom stereocenters. The van der Waals surface area contributed by atoms with Crippen molar-refractivity contribution in [2.45, 2.75) is 17.6 Å². The van der Waals surface area contributed by atoms with Crippen LogP contribution in [0.5, 0.6) is 0 Å². The lowest BCUT2D eigenvalue weighted by molar-refractivity contribution is -0.388. The highest BCUT2D eigenvalue weighted by Crippen LogP contribution is 2.36. The first-order chi connectivity index (χ1) is 12.6. The summed E-state index contributed by atoms with van der Waals surface area (Å²) in [6.07, 6.45) is -4.70. The summed E-state index contributed by atoms with van der Waals surface area (Å²) in [6.45, 7) is 0.00116. The van der Waals surface area contributed by atoms with Crippen LogP contribution in [0.1, 0.15) is 11.1 Å². The maximum Gasteiger partial charge on any atom is 0.416 e. The molecule has 1 amide bonds. The van der Waals surface area contributed by atoms with Crippen LogP contribution in [0.2, 0.25) is 0 Å². The summed E-state index contributed by atoms with van der Waals surface area (Å²) >= 11 is 0.752. The Morgan fingerprint density at radius 3 is 2.48 bits per heavy atom. The molecule has 0 radical (unpaired) electrons. The van der Waals surface area contributed by atoms with Crippen LogP contribution in [0.15, 0.2) is 47.4 Å². The van der Waals surface area contributed by atoms with Crippen LogP contribution in [0.25, 0.3) is 0 Å². The number of hydrogen-bond acceptors (Lipinski definition) is 4. The number of halogens is 4. The maximum absolute atomic E-state index is 13.6. The zero-order valence-electron chi connectivity index (χ0n) is 14.0. The van der Waals surface area contributed by atoms with Crippen molar-refractivity contribution in [3.63, 3.8) is 0 Å². The molecule has 0 aliphatic carbocycles. The van der Waals surface area contributed by atoms with Crippen molar-refractivity contribution in [2.75, 3.05) is 12.8 Å². The third kappa shape index (κ3) is 5.43. The van der Waals surface area contributed by atoms with Crippen molar-refractivity contribution in [3.05, 3.63) is 69.5 Å². The maximum atomic E-state index is 13.6. The van der Waals surface area contributed by atoms with Gasteiger partial charge in [-0.05, 0) is 18.2 Å². The van der Waals surface area contributed by atoms with Gasteiger partial charge in [-0.3, -0.25) is 14.9 Å². The Labute approximate surface area is 156 Å². The molecule has 0 unspecified atom stereocenters. The first-order valence-corrected chi connectivity index (χ1v) is 8.54. The molecule has 10 heteroatoms.